The fourth-order valence-electron chi connectivity index (χ4n) is 5.76. The van der Waals surface area contributed by atoms with E-state index < -0.39 is 14.4 Å². The van der Waals surface area contributed by atoms with E-state index in [9.17, 15) is 9.59 Å². The van der Waals surface area contributed by atoms with E-state index in [0.717, 1.165) is 40.9 Å². The molecule has 0 N–H and O–H groups in total. The molecule has 1 spiro atoms. The lowest BCUT2D eigenvalue weighted by Gasteiger charge is -2.39. The summed E-state index contributed by atoms with van der Waals surface area (Å²) < 4.78 is 23.9. The number of ether oxygens (including phenoxy) is 3. The van der Waals surface area contributed by atoms with Gasteiger partial charge in [0.2, 0.25) is 0 Å². The summed E-state index contributed by atoms with van der Waals surface area (Å²) in [5, 5.41) is 0.423. The van der Waals surface area contributed by atoms with Crippen LogP contribution in [-0.4, -0.2) is 75.9 Å². The van der Waals surface area contributed by atoms with E-state index in [1.54, 1.807) is 14.2 Å². The first kappa shape index (κ1) is 40.7. The minimum Gasteiger partial charge on any atom is -0.495 e. The summed E-state index contributed by atoms with van der Waals surface area (Å²) in [6, 6.07) is 3.80. The summed E-state index contributed by atoms with van der Waals surface area (Å²) in [5.74, 6) is 2.95. The van der Waals surface area contributed by atoms with Crippen molar-refractivity contribution in [1.29, 1.82) is 0 Å². The van der Waals surface area contributed by atoms with Crippen LogP contribution >= 0.6 is 35.1 Å². The molecule has 0 saturated carbocycles. The molecule has 268 valence electrons. The Kier molecular flexibility index (Phi) is 14.8. The first-order valence-corrected chi connectivity index (χ1v) is 22.0. The van der Waals surface area contributed by atoms with Gasteiger partial charge in [0.15, 0.2) is 8.32 Å². The zero-order chi connectivity index (χ0) is 35.9. The van der Waals surface area contributed by atoms with Gasteiger partial charge in [0.1, 0.15) is 23.2 Å². The minimum absolute atomic E-state index is 0.0199. The van der Waals surface area contributed by atoms with Crippen LogP contribution in [0.4, 0.5) is 10.5 Å². The number of allylic oxidation sites excluding steroid dienone is 3. The SMILES string of the molecule is COC(=O)N(C)c1cc(C/C(C)=C/C=C/C2OC([C@@H](C)/C=C(\C)[C@H](CC=O)O[Si](C)(C)C(C)(C)C)CC23SCCCS3)cc(OC)c1Cl. The molecule has 2 unspecified atom stereocenters. The van der Waals surface area contributed by atoms with Gasteiger partial charge in [-0.3, -0.25) is 4.90 Å². The van der Waals surface area contributed by atoms with Crippen molar-refractivity contribution in [2.24, 2.45) is 5.92 Å². The molecule has 2 aliphatic rings. The third-order valence-corrected chi connectivity index (χ3v) is 18.0. The Morgan fingerprint density at radius 2 is 1.88 bits per heavy atom. The second-order valence-electron chi connectivity index (χ2n) is 14.4. The maximum absolute atomic E-state index is 12.2. The molecular formula is C37H56ClNO6S2Si. The first-order valence-electron chi connectivity index (χ1n) is 16.7. The number of halogens is 1. The van der Waals surface area contributed by atoms with E-state index in [2.05, 4.69) is 78.9 Å². The Bertz CT molecular complexity index is 1370. The lowest BCUT2D eigenvalue weighted by molar-refractivity contribution is -0.109. The normalized spacial score (nSPS) is 21.8. The molecule has 1 amide bonds. The van der Waals surface area contributed by atoms with Gasteiger partial charge in [-0.1, -0.05) is 69.2 Å². The number of carbonyl (C=O) groups excluding carboxylic acids is 2. The maximum atomic E-state index is 12.2. The molecule has 0 radical (unpaired) electrons. The molecule has 1 aromatic rings. The Balaban J connectivity index is 1.79. The second-order valence-corrected chi connectivity index (χ2v) is 22.7. The highest BCUT2D eigenvalue weighted by molar-refractivity contribution is 8.18. The number of aldehydes is 1. The van der Waals surface area contributed by atoms with E-state index in [1.807, 2.05) is 35.7 Å². The van der Waals surface area contributed by atoms with Crippen LogP contribution in [0.5, 0.6) is 5.75 Å². The van der Waals surface area contributed by atoms with Crippen LogP contribution in [0.25, 0.3) is 0 Å². The van der Waals surface area contributed by atoms with Crippen LogP contribution in [0.3, 0.4) is 0 Å². The smallest absolute Gasteiger partial charge is 0.413 e. The summed E-state index contributed by atoms with van der Waals surface area (Å²) in [6.07, 6.45) is 12.2. The molecular weight excluding hydrogens is 682 g/mol. The van der Waals surface area contributed by atoms with E-state index in [0.29, 0.717) is 29.3 Å². The van der Waals surface area contributed by atoms with Crippen LogP contribution < -0.4 is 9.64 Å². The van der Waals surface area contributed by atoms with Gasteiger partial charge in [-0.15, -0.1) is 23.5 Å². The highest BCUT2D eigenvalue weighted by Crippen LogP contribution is 2.54. The molecule has 0 aromatic heterocycles. The van der Waals surface area contributed by atoms with Crippen LogP contribution in [0.1, 0.15) is 66.4 Å². The lowest BCUT2D eigenvalue weighted by atomic mass is 9.96. The van der Waals surface area contributed by atoms with E-state index >= 15 is 0 Å². The Morgan fingerprint density at radius 1 is 1.21 bits per heavy atom. The molecule has 0 aliphatic carbocycles. The average molecular weight is 739 g/mol. The highest BCUT2D eigenvalue weighted by atomic mass is 35.5. The van der Waals surface area contributed by atoms with Crippen LogP contribution in [0.15, 0.2) is 47.6 Å². The van der Waals surface area contributed by atoms with Crippen LogP contribution in [0, 0.1) is 5.92 Å². The van der Waals surface area contributed by atoms with Crippen LogP contribution in [-0.2, 0) is 25.1 Å². The topological polar surface area (TPSA) is 74.3 Å². The molecule has 48 heavy (non-hydrogen) atoms. The van der Waals surface area contributed by atoms with Crippen molar-refractivity contribution in [3.05, 3.63) is 58.2 Å². The molecule has 2 fully saturated rings. The van der Waals surface area contributed by atoms with Gasteiger partial charge < -0.3 is 23.4 Å². The molecule has 11 heteroatoms. The number of rotatable bonds is 13. The summed E-state index contributed by atoms with van der Waals surface area (Å²) in [7, 11) is 2.48. The van der Waals surface area contributed by atoms with Gasteiger partial charge in [0.25, 0.3) is 0 Å². The largest absolute Gasteiger partial charge is 0.495 e. The van der Waals surface area contributed by atoms with Crippen molar-refractivity contribution in [2.45, 2.75) is 108 Å². The van der Waals surface area contributed by atoms with E-state index in [4.69, 9.17) is 30.2 Å². The predicted octanol–water partition coefficient (Wildman–Crippen LogP) is 9.88. The second kappa shape index (κ2) is 17.5. The first-order chi connectivity index (χ1) is 22.5. The molecule has 3 rings (SSSR count). The van der Waals surface area contributed by atoms with Crippen molar-refractivity contribution in [1.82, 2.24) is 0 Å². The van der Waals surface area contributed by atoms with Gasteiger partial charge >= 0.3 is 6.09 Å². The average Bonchev–Trinajstić information content (AvgIpc) is 3.37. The molecule has 2 saturated heterocycles. The molecule has 0 bridgehead atoms. The zero-order valence-electron chi connectivity index (χ0n) is 30.7. The number of anilines is 1. The van der Waals surface area contributed by atoms with Crippen molar-refractivity contribution in [3.63, 3.8) is 0 Å². The van der Waals surface area contributed by atoms with Gasteiger partial charge in [-0.05, 0) is 79.6 Å². The summed E-state index contributed by atoms with van der Waals surface area (Å²) in [5.41, 5.74) is 3.75. The van der Waals surface area contributed by atoms with Crippen LogP contribution in [0.2, 0.25) is 23.2 Å². The molecule has 2 aliphatic heterocycles. The van der Waals surface area contributed by atoms with Crippen molar-refractivity contribution >= 4 is 61.5 Å². The monoisotopic (exact) mass is 737 g/mol. The van der Waals surface area contributed by atoms with E-state index in [-0.39, 0.29) is 33.3 Å². The Hall–Kier alpha value is -1.69. The third kappa shape index (κ3) is 10.2. The molecule has 4 atom stereocenters. The summed E-state index contributed by atoms with van der Waals surface area (Å²) >= 11 is 10.6. The van der Waals surface area contributed by atoms with Crippen molar-refractivity contribution in [3.8, 4) is 5.75 Å². The van der Waals surface area contributed by atoms with Crippen molar-refractivity contribution in [2.75, 3.05) is 37.7 Å². The summed E-state index contributed by atoms with van der Waals surface area (Å²) in [6.45, 7) is 17.6. The third-order valence-electron chi connectivity index (χ3n) is 9.65. The summed E-state index contributed by atoms with van der Waals surface area (Å²) in [4.78, 5) is 25.2. The number of hydrogen-bond acceptors (Lipinski definition) is 8. The van der Waals surface area contributed by atoms with Gasteiger partial charge in [-0.25, -0.2) is 4.79 Å². The van der Waals surface area contributed by atoms with Crippen molar-refractivity contribution < 1.29 is 28.2 Å². The molecule has 2 heterocycles. The number of carbonyl (C=O) groups is 2. The maximum Gasteiger partial charge on any atom is 0.413 e. The zero-order valence-corrected chi connectivity index (χ0v) is 34.1. The Morgan fingerprint density at radius 3 is 2.46 bits per heavy atom. The number of methoxy groups -OCH3 is 2. The number of amides is 1. The fraction of sp³-hybridized carbons (Fsp3) is 0.622. The quantitative estimate of drug-likeness (QED) is 0.0858. The standard InChI is InChI=1S/C37H56ClNO6S2Si/c1-25(20-28-22-29(39(7)35(41)43-9)34(38)31(23-28)42-8)14-12-15-33-37(46-18-13-19-47-37)24-32(44-33)27(3)21-26(2)30(16-17-40)45-48(10,11)36(4,5)6/h12,14-15,17,21-23,27,30,32-33H,13,16,18-20,24H2,1-11H3/b15-12+,25-14+,26-21+/t27-,30-,32?,33?/m0/s1. The highest BCUT2D eigenvalue weighted by Gasteiger charge is 2.50. The predicted molar refractivity (Wildman–Crippen MR) is 207 cm³/mol. The number of benzene rings is 1. The minimum atomic E-state index is -2.05. The number of nitrogens with zero attached hydrogens (tertiary/aromatic N) is 1. The van der Waals surface area contributed by atoms with Gasteiger partial charge in [0, 0.05) is 25.8 Å². The van der Waals surface area contributed by atoms with Gasteiger partial charge in [0.05, 0.1) is 36.2 Å². The molecule has 7 nitrogen and oxygen atoms in total. The fourth-order valence-corrected chi connectivity index (χ4v) is 10.9. The number of thioether (sulfide) groups is 2. The number of hydrogen-bond donors (Lipinski definition) is 0. The van der Waals surface area contributed by atoms with Gasteiger partial charge in [-0.2, -0.15) is 0 Å². The lowest BCUT2D eigenvalue weighted by Crippen LogP contribution is -2.44. The van der Waals surface area contributed by atoms with E-state index in [1.165, 1.54) is 18.4 Å². The molecule has 1 aromatic carbocycles. The Labute approximate surface area is 303 Å².